The van der Waals surface area contributed by atoms with Gasteiger partial charge < -0.3 is 0 Å². The molecule has 2 fully saturated rings. The lowest BCUT2D eigenvalue weighted by molar-refractivity contribution is 0.579. The Balaban J connectivity index is 1.85. The largest absolute Gasteiger partial charge is 0.237 e. The van der Waals surface area contributed by atoms with Crippen LogP contribution in [-0.4, -0.2) is 9.97 Å². The summed E-state index contributed by atoms with van der Waals surface area (Å²) in [5, 5.41) is 0.640. The molecule has 2 saturated carbocycles. The second kappa shape index (κ2) is 5.16. The molecule has 98 valence electrons. The summed E-state index contributed by atoms with van der Waals surface area (Å²) in [6, 6.07) is 1.99. The molecular weight excluding hydrogens is 244 g/mol. The van der Waals surface area contributed by atoms with Crippen LogP contribution in [0, 0.1) is 5.92 Å². The number of aromatic nitrogens is 2. The molecule has 0 aliphatic heterocycles. The predicted octanol–water partition coefficient (Wildman–Crippen LogP) is 4.69. The van der Waals surface area contributed by atoms with Gasteiger partial charge in [0.2, 0.25) is 0 Å². The third-order valence-electron chi connectivity index (χ3n) is 4.57. The summed E-state index contributed by atoms with van der Waals surface area (Å²) in [4.78, 5) is 9.31. The number of hydrogen-bond donors (Lipinski definition) is 0. The first-order chi connectivity index (χ1) is 8.72. The topological polar surface area (TPSA) is 25.8 Å². The first-order valence-corrected chi connectivity index (χ1v) is 7.64. The Morgan fingerprint density at radius 2 is 1.83 bits per heavy atom. The minimum absolute atomic E-state index is 0.541. The van der Waals surface area contributed by atoms with Crippen molar-refractivity contribution in [2.45, 2.75) is 63.7 Å². The average Bonchev–Trinajstić information content (AvgIpc) is 2.98. The molecule has 3 heteroatoms. The molecule has 2 aliphatic carbocycles. The minimum atomic E-state index is 0.541. The summed E-state index contributed by atoms with van der Waals surface area (Å²) in [5.74, 6) is 2.99. The third kappa shape index (κ3) is 2.54. The zero-order valence-electron chi connectivity index (χ0n) is 11.0. The molecule has 3 rings (SSSR count). The number of nitrogens with zero attached hydrogens (tertiary/aromatic N) is 2. The SMILES string of the molecule is CC1CCC(c2nc(Cl)cc(C3CCCC3)n2)C1. The highest BCUT2D eigenvalue weighted by Crippen LogP contribution is 2.38. The Morgan fingerprint density at radius 1 is 1.06 bits per heavy atom. The fraction of sp³-hybridized carbons (Fsp3) is 0.733. The fourth-order valence-electron chi connectivity index (χ4n) is 3.51. The monoisotopic (exact) mass is 264 g/mol. The van der Waals surface area contributed by atoms with E-state index >= 15 is 0 Å². The van der Waals surface area contributed by atoms with E-state index in [0.717, 1.165) is 11.7 Å². The van der Waals surface area contributed by atoms with Crippen molar-refractivity contribution in [1.82, 2.24) is 9.97 Å². The summed E-state index contributed by atoms with van der Waals surface area (Å²) >= 11 is 6.19. The van der Waals surface area contributed by atoms with E-state index in [1.54, 1.807) is 0 Å². The first-order valence-electron chi connectivity index (χ1n) is 7.26. The molecule has 0 N–H and O–H groups in total. The zero-order chi connectivity index (χ0) is 12.5. The van der Waals surface area contributed by atoms with Crippen LogP contribution >= 0.6 is 11.6 Å². The van der Waals surface area contributed by atoms with Gasteiger partial charge in [-0.2, -0.15) is 0 Å². The highest BCUT2D eigenvalue weighted by Gasteiger charge is 2.27. The zero-order valence-corrected chi connectivity index (χ0v) is 11.8. The van der Waals surface area contributed by atoms with Gasteiger partial charge in [-0.15, -0.1) is 0 Å². The highest BCUT2D eigenvalue weighted by molar-refractivity contribution is 6.29. The van der Waals surface area contributed by atoms with Gasteiger partial charge in [0.1, 0.15) is 11.0 Å². The summed E-state index contributed by atoms with van der Waals surface area (Å²) in [6.45, 7) is 2.32. The van der Waals surface area contributed by atoms with Crippen LogP contribution in [0.5, 0.6) is 0 Å². The van der Waals surface area contributed by atoms with Crippen molar-refractivity contribution < 1.29 is 0 Å². The van der Waals surface area contributed by atoms with Crippen LogP contribution in [0.1, 0.15) is 75.2 Å². The van der Waals surface area contributed by atoms with Crippen LogP contribution in [0.4, 0.5) is 0 Å². The molecule has 1 aromatic rings. The molecule has 0 saturated heterocycles. The van der Waals surface area contributed by atoms with Gasteiger partial charge in [0.15, 0.2) is 0 Å². The maximum absolute atomic E-state index is 6.19. The number of rotatable bonds is 2. The summed E-state index contributed by atoms with van der Waals surface area (Å²) in [7, 11) is 0. The molecule has 0 amide bonds. The van der Waals surface area contributed by atoms with E-state index < -0.39 is 0 Å². The van der Waals surface area contributed by atoms with Gasteiger partial charge >= 0.3 is 0 Å². The Morgan fingerprint density at radius 3 is 2.50 bits per heavy atom. The van der Waals surface area contributed by atoms with Gasteiger partial charge in [0.25, 0.3) is 0 Å². The summed E-state index contributed by atoms with van der Waals surface area (Å²) in [5.41, 5.74) is 1.20. The number of hydrogen-bond acceptors (Lipinski definition) is 2. The van der Waals surface area contributed by atoms with Crippen molar-refractivity contribution in [3.8, 4) is 0 Å². The summed E-state index contributed by atoms with van der Waals surface area (Å²) in [6.07, 6.45) is 8.97. The maximum Gasteiger partial charge on any atom is 0.133 e. The van der Waals surface area contributed by atoms with Crippen LogP contribution < -0.4 is 0 Å². The predicted molar refractivity (Wildman–Crippen MR) is 74.0 cm³/mol. The quantitative estimate of drug-likeness (QED) is 0.724. The van der Waals surface area contributed by atoms with Crippen molar-refractivity contribution in [2.24, 2.45) is 5.92 Å². The van der Waals surface area contributed by atoms with Crippen molar-refractivity contribution >= 4 is 11.6 Å². The van der Waals surface area contributed by atoms with E-state index in [-0.39, 0.29) is 0 Å². The van der Waals surface area contributed by atoms with E-state index in [4.69, 9.17) is 16.6 Å². The molecule has 2 nitrogen and oxygen atoms in total. The third-order valence-corrected chi connectivity index (χ3v) is 4.76. The van der Waals surface area contributed by atoms with Crippen LogP contribution in [0.2, 0.25) is 5.15 Å². The van der Waals surface area contributed by atoms with Crippen LogP contribution in [0.15, 0.2) is 6.07 Å². The standard InChI is InChI=1S/C15H21ClN2/c1-10-6-7-12(8-10)15-17-13(9-14(16)18-15)11-4-2-3-5-11/h9-12H,2-8H2,1H3. The van der Waals surface area contributed by atoms with Crippen LogP contribution in [0.25, 0.3) is 0 Å². The van der Waals surface area contributed by atoms with E-state index in [0.29, 0.717) is 17.0 Å². The van der Waals surface area contributed by atoms with Gasteiger partial charge in [0.05, 0.1) is 0 Å². The lowest BCUT2D eigenvalue weighted by atomic mass is 10.0. The van der Waals surface area contributed by atoms with Gasteiger partial charge in [0, 0.05) is 17.5 Å². The molecule has 2 atom stereocenters. The molecule has 1 heterocycles. The smallest absolute Gasteiger partial charge is 0.133 e. The molecule has 0 spiro atoms. The molecule has 2 unspecified atom stereocenters. The van der Waals surface area contributed by atoms with Gasteiger partial charge in [-0.3, -0.25) is 0 Å². The molecular formula is C15H21ClN2. The average molecular weight is 265 g/mol. The van der Waals surface area contributed by atoms with E-state index in [9.17, 15) is 0 Å². The van der Waals surface area contributed by atoms with Gasteiger partial charge in [-0.05, 0) is 44.1 Å². The maximum atomic E-state index is 6.19. The van der Waals surface area contributed by atoms with E-state index in [1.807, 2.05) is 6.07 Å². The number of halogens is 1. The van der Waals surface area contributed by atoms with Crippen LogP contribution in [-0.2, 0) is 0 Å². The molecule has 18 heavy (non-hydrogen) atoms. The van der Waals surface area contributed by atoms with Crippen molar-refractivity contribution in [2.75, 3.05) is 0 Å². The fourth-order valence-corrected chi connectivity index (χ4v) is 3.71. The van der Waals surface area contributed by atoms with Crippen LogP contribution in [0.3, 0.4) is 0 Å². The Kier molecular flexibility index (Phi) is 3.56. The molecule has 0 bridgehead atoms. The van der Waals surface area contributed by atoms with E-state index in [2.05, 4.69) is 11.9 Å². The molecule has 1 aromatic heterocycles. The minimum Gasteiger partial charge on any atom is -0.237 e. The Hall–Kier alpha value is -0.630. The van der Waals surface area contributed by atoms with Gasteiger partial charge in [-0.25, -0.2) is 9.97 Å². The first kappa shape index (κ1) is 12.4. The lowest BCUT2D eigenvalue weighted by Gasteiger charge is -2.13. The summed E-state index contributed by atoms with van der Waals surface area (Å²) < 4.78 is 0. The molecule has 0 radical (unpaired) electrons. The second-order valence-corrected chi connectivity index (χ2v) is 6.46. The molecule has 2 aliphatic rings. The Bertz CT molecular complexity index is 427. The van der Waals surface area contributed by atoms with Crippen molar-refractivity contribution in [3.05, 3.63) is 22.7 Å². The molecule has 0 aromatic carbocycles. The second-order valence-electron chi connectivity index (χ2n) is 6.07. The lowest BCUT2D eigenvalue weighted by Crippen LogP contribution is -2.06. The van der Waals surface area contributed by atoms with Gasteiger partial charge in [-0.1, -0.05) is 31.4 Å². The van der Waals surface area contributed by atoms with Crippen molar-refractivity contribution in [1.29, 1.82) is 0 Å². The highest BCUT2D eigenvalue weighted by atomic mass is 35.5. The van der Waals surface area contributed by atoms with Crippen molar-refractivity contribution in [3.63, 3.8) is 0 Å². The normalized spacial score (nSPS) is 29.0. The Labute approximate surface area is 114 Å². The van der Waals surface area contributed by atoms with E-state index in [1.165, 1.54) is 50.6 Å².